The molecule has 2 aliphatic carbocycles. The molecule has 1 aliphatic heterocycles. The molecule has 5 heteroatoms. The maximum absolute atomic E-state index is 11.8. The normalized spacial score (nSPS) is 37.7. The summed E-state index contributed by atoms with van der Waals surface area (Å²) in [4.78, 5) is 17.3. The topological polar surface area (TPSA) is 56.8 Å². The molecule has 1 N–H and O–H groups in total. The molecule has 0 bridgehead atoms. The lowest BCUT2D eigenvalue weighted by molar-refractivity contribution is -0.241. The molecular formula is C14H23NO4. The second kappa shape index (κ2) is 5.38. The third kappa shape index (κ3) is 2.78. The Hall–Kier alpha value is -0.650. The van der Waals surface area contributed by atoms with Crippen LogP contribution in [0.4, 0.5) is 0 Å². The number of carbonyl (C=O) groups is 1. The summed E-state index contributed by atoms with van der Waals surface area (Å²) in [5.41, 5.74) is 3.00. The summed E-state index contributed by atoms with van der Waals surface area (Å²) in [6.07, 6.45) is 7.48. The van der Waals surface area contributed by atoms with Crippen molar-refractivity contribution in [1.82, 2.24) is 5.48 Å². The molecule has 1 heterocycles. The lowest BCUT2D eigenvalue weighted by atomic mass is 9.94. The van der Waals surface area contributed by atoms with E-state index in [4.69, 9.17) is 14.3 Å². The molecule has 3 unspecified atom stereocenters. The summed E-state index contributed by atoms with van der Waals surface area (Å²) >= 11 is 0. The monoisotopic (exact) mass is 269 g/mol. The van der Waals surface area contributed by atoms with Gasteiger partial charge in [0.05, 0.1) is 0 Å². The highest BCUT2D eigenvalue weighted by molar-refractivity contribution is 5.75. The Balaban J connectivity index is 1.52. The van der Waals surface area contributed by atoms with Crippen molar-refractivity contribution in [2.24, 2.45) is 5.92 Å². The van der Waals surface area contributed by atoms with Crippen molar-refractivity contribution in [3.05, 3.63) is 0 Å². The fourth-order valence-electron chi connectivity index (χ4n) is 3.35. The van der Waals surface area contributed by atoms with Crippen LogP contribution >= 0.6 is 0 Å². The molecule has 3 aliphatic rings. The van der Waals surface area contributed by atoms with Crippen molar-refractivity contribution in [3.63, 3.8) is 0 Å². The standard InChI is InChI=1S/C14H23NO4/c1-10-6-5-7-11(10)15-19-13-12(16)17-14(18-13)8-3-2-4-9-14/h10-11,13,15H,2-9H2,1H3. The van der Waals surface area contributed by atoms with Crippen LogP contribution in [0.5, 0.6) is 0 Å². The predicted octanol–water partition coefficient (Wildman–Crippen LogP) is 2.26. The molecule has 0 aromatic rings. The van der Waals surface area contributed by atoms with Gasteiger partial charge in [-0.25, -0.2) is 4.79 Å². The van der Waals surface area contributed by atoms with Crippen molar-refractivity contribution in [2.45, 2.75) is 76.4 Å². The smallest absolute Gasteiger partial charge is 0.367 e. The van der Waals surface area contributed by atoms with Crippen molar-refractivity contribution in [3.8, 4) is 0 Å². The van der Waals surface area contributed by atoms with Crippen LogP contribution in [0.1, 0.15) is 58.3 Å². The van der Waals surface area contributed by atoms with Crippen LogP contribution < -0.4 is 5.48 Å². The minimum atomic E-state index is -0.897. The van der Waals surface area contributed by atoms with Crippen LogP contribution in [0.15, 0.2) is 0 Å². The van der Waals surface area contributed by atoms with Gasteiger partial charge in [0, 0.05) is 18.9 Å². The van der Waals surface area contributed by atoms with Crippen molar-refractivity contribution >= 4 is 5.97 Å². The Labute approximate surface area is 113 Å². The highest BCUT2D eigenvalue weighted by Crippen LogP contribution is 2.38. The highest BCUT2D eigenvalue weighted by Gasteiger charge is 2.49. The number of rotatable bonds is 3. The Bertz CT molecular complexity index is 340. The van der Waals surface area contributed by atoms with Crippen LogP contribution in [0.25, 0.3) is 0 Å². The molecule has 2 saturated carbocycles. The second-order valence-electron chi connectivity index (χ2n) is 6.09. The zero-order valence-electron chi connectivity index (χ0n) is 11.5. The van der Waals surface area contributed by atoms with Gasteiger partial charge in [0.2, 0.25) is 5.79 Å². The SMILES string of the molecule is CC1CCCC1NOC1OC2(CCCCC2)OC1=O. The van der Waals surface area contributed by atoms with E-state index in [0.29, 0.717) is 12.0 Å². The number of esters is 1. The fourth-order valence-corrected chi connectivity index (χ4v) is 3.35. The quantitative estimate of drug-likeness (QED) is 0.629. The van der Waals surface area contributed by atoms with Gasteiger partial charge in [-0.1, -0.05) is 19.8 Å². The van der Waals surface area contributed by atoms with Crippen LogP contribution in [0, 0.1) is 5.92 Å². The lowest BCUT2D eigenvalue weighted by Gasteiger charge is -2.30. The maximum atomic E-state index is 11.8. The molecule has 19 heavy (non-hydrogen) atoms. The van der Waals surface area contributed by atoms with E-state index < -0.39 is 12.1 Å². The van der Waals surface area contributed by atoms with Crippen LogP contribution in [-0.2, 0) is 19.1 Å². The van der Waals surface area contributed by atoms with E-state index in [1.165, 1.54) is 19.3 Å². The van der Waals surface area contributed by atoms with Crippen LogP contribution in [0.2, 0.25) is 0 Å². The molecule has 108 valence electrons. The Morgan fingerprint density at radius 3 is 2.68 bits per heavy atom. The number of ether oxygens (including phenoxy) is 2. The molecule has 5 nitrogen and oxygen atoms in total. The van der Waals surface area contributed by atoms with Gasteiger partial charge >= 0.3 is 5.97 Å². The average Bonchev–Trinajstić information content (AvgIpc) is 2.93. The van der Waals surface area contributed by atoms with Crippen molar-refractivity contribution in [1.29, 1.82) is 0 Å². The van der Waals surface area contributed by atoms with Gasteiger partial charge in [0.25, 0.3) is 6.29 Å². The summed E-state index contributed by atoms with van der Waals surface area (Å²) in [6.45, 7) is 2.20. The number of hydrogen-bond acceptors (Lipinski definition) is 5. The first-order valence-corrected chi connectivity index (χ1v) is 7.50. The number of hydrogen-bond donors (Lipinski definition) is 1. The largest absolute Gasteiger partial charge is 0.429 e. The Kier molecular flexibility index (Phi) is 3.78. The van der Waals surface area contributed by atoms with E-state index >= 15 is 0 Å². The molecule has 3 fully saturated rings. The van der Waals surface area contributed by atoms with Gasteiger partial charge in [-0.3, -0.25) is 9.57 Å². The first-order chi connectivity index (χ1) is 9.19. The number of nitrogens with one attached hydrogen (secondary N) is 1. The first-order valence-electron chi connectivity index (χ1n) is 7.50. The van der Waals surface area contributed by atoms with Crippen molar-refractivity contribution in [2.75, 3.05) is 0 Å². The van der Waals surface area contributed by atoms with Gasteiger partial charge in [-0.15, -0.1) is 0 Å². The molecule has 0 aromatic carbocycles. The van der Waals surface area contributed by atoms with Gasteiger partial charge in [-0.05, 0) is 31.6 Å². The van der Waals surface area contributed by atoms with Gasteiger partial charge < -0.3 is 4.74 Å². The summed E-state index contributed by atoms with van der Waals surface area (Å²) in [5, 5.41) is 0. The molecule has 0 radical (unpaired) electrons. The maximum Gasteiger partial charge on any atom is 0.367 e. The summed E-state index contributed by atoms with van der Waals surface area (Å²) in [7, 11) is 0. The number of hydroxylamine groups is 1. The highest BCUT2D eigenvalue weighted by atomic mass is 16.9. The van der Waals surface area contributed by atoms with Gasteiger partial charge in [0.15, 0.2) is 0 Å². The number of carbonyl (C=O) groups excluding carboxylic acids is 1. The molecule has 3 rings (SSSR count). The third-order valence-corrected chi connectivity index (χ3v) is 4.60. The zero-order valence-corrected chi connectivity index (χ0v) is 11.5. The molecule has 0 amide bonds. The minimum absolute atomic E-state index is 0.319. The summed E-state index contributed by atoms with van der Waals surface area (Å²) in [5.74, 6) is -0.510. The summed E-state index contributed by atoms with van der Waals surface area (Å²) in [6, 6.07) is 0.319. The van der Waals surface area contributed by atoms with E-state index in [9.17, 15) is 4.79 Å². The molecular weight excluding hydrogens is 246 g/mol. The van der Waals surface area contributed by atoms with Crippen LogP contribution in [0.3, 0.4) is 0 Å². The van der Waals surface area contributed by atoms with Gasteiger partial charge in [0.1, 0.15) is 0 Å². The van der Waals surface area contributed by atoms with E-state index in [2.05, 4.69) is 12.4 Å². The van der Waals surface area contributed by atoms with E-state index in [1.54, 1.807) is 0 Å². The molecule has 0 aromatic heterocycles. The zero-order chi connectivity index (χ0) is 13.3. The minimum Gasteiger partial charge on any atom is -0.429 e. The van der Waals surface area contributed by atoms with Gasteiger partial charge in [-0.2, -0.15) is 5.48 Å². The lowest BCUT2D eigenvalue weighted by Crippen LogP contribution is -2.38. The first kappa shape index (κ1) is 13.3. The Morgan fingerprint density at radius 1 is 1.21 bits per heavy atom. The third-order valence-electron chi connectivity index (χ3n) is 4.60. The van der Waals surface area contributed by atoms with E-state index in [1.807, 2.05) is 0 Å². The van der Waals surface area contributed by atoms with Crippen molar-refractivity contribution < 1.29 is 19.1 Å². The van der Waals surface area contributed by atoms with E-state index in [0.717, 1.165) is 32.1 Å². The summed E-state index contributed by atoms with van der Waals surface area (Å²) < 4.78 is 11.2. The Morgan fingerprint density at radius 2 is 2.00 bits per heavy atom. The fraction of sp³-hybridized carbons (Fsp3) is 0.929. The molecule has 3 atom stereocenters. The molecule has 1 saturated heterocycles. The molecule has 1 spiro atoms. The predicted molar refractivity (Wildman–Crippen MR) is 67.8 cm³/mol. The van der Waals surface area contributed by atoms with E-state index in [-0.39, 0.29) is 5.97 Å². The van der Waals surface area contributed by atoms with Crippen LogP contribution in [-0.4, -0.2) is 24.1 Å². The second-order valence-corrected chi connectivity index (χ2v) is 6.09. The average molecular weight is 269 g/mol.